The number of hydrogen-bond acceptors (Lipinski definition) is 3. The van der Waals surface area contributed by atoms with Gasteiger partial charge in [0, 0.05) is 6.04 Å². The Morgan fingerprint density at radius 1 is 1.07 bits per heavy atom. The molecule has 0 aliphatic carbocycles. The fourth-order valence-corrected chi connectivity index (χ4v) is 3.17. The van der Waals surface area contributed by atoms with Gasteiger partial charge in [-0.15, -0.1) is 0 Å². The molecule has 1 aromatic heterocycles. The number of carbonyl (C=O) groups excluding carboxylic acids is 1. The quantitative estimate of drug-likeness (QED) is 0.718. The Morgan fingerprint density at radius 2 is 1.67 bits per heavy atom. The van der Waals surface area contributed by atoms with Crippen molar-refractivity contribution in [3.05, 3.63) is 77.6 Å². The molecule has 3 rings (SSSR count). The van der Waals surface area contributed by atoms with Crippen LogP contribution in [0.25, 0.3) is 5.69 Å². The van der Waals surface area contributed by atoms with Gasteiger partial charge in [0.25, 0.3) is 0 Å². The smallest absolute Gasteiger partial charge is 0.238 e. The van der Waals surface area contributed by atoms with Crippen molar-refractivity contribution < 1.29 is 4.79 Å². The van der Waals surface area contributed by atoms with Gasteiger partial charge in [-0.3, -0.25) is 9.69 Å². The van der Waals surface area contributed by atoms with E-state index in [4.69, 9.17) is 0 Å². The molecule has 140 valence electrons. The number of benzene rings is 2. The molecule has 0 fully saturated rings. The summed E-state index contributed by atoms with van der Waals surface area (Å²) in [7, 11) is 1.96. The van der Waals surface area contributed by atoms with Crippen molar-refractivity contribution in [3.8, 4) is 5.69 Å². The summed E-state index contributed by atoms with van der Waals surface area (Å²) in [5.74, 6) is -0.0425. The van der Waals surface area contributed by atoms with E-state index in [9.17, 15) is 4.79 Å². The zero-order chi connectivity index (χ0) is 19.4. The lowest BCUT2D eigenvalue weighted by Gasteiger charge is -2.24. The van der Waals surface area contributed by atoms with E-state index in [0.717, 1.165) is 22.8 Å². The maximum atomic E-state index is 12.6. The first-order chi connectivity index (χ1) is 13.0. The van der Waals surface area contributed by atoms with Crippen LogP contribution in [-0.4, -0.2) is 34.2 Å². The maximum Gasteiger partial charge on any atom is 0.238 e. The Labute approximate surface area is 160 Å². The summed E-state index contributed by atoms with van der Waals surface area (Å²) >= 11 is 0. The van der Waals surface area contributed by atoms with Crippen LogP contribution in [0.3, 0.4) is 0 Å². The standard InChI is InChI=1S/C22H26N4O/c1-16-22(18(3)26(24-16)20-13-9-6-10-14-20)23-21(27)15-25(4)17(2)19-11-7-5-8-12-19/h5-14,17H,15H2,1-4H3,(H,23,27)/t17-/m1/s1. The molecule has 0 saturated carbocycles. The molecule has 0 saturated heterocycles. The van der Waals surface area contributed by atoms with E-state index in [1.54, 1.807) is 0 Å². The van der Waals surface area contributed by atoms with Crippen LogP contribution < -0.4 is 5.32 Å². The number of amides is 1. The molecule has 0 aliphatic heterocycles. The van der Waals surface area contributed by atoms with Gasteiger partial charge in [-0.2, -0.15) is 5.10 Å². The Balaban J connectivity index is 1.70. The molecule has 5 heteroatoms. The van der Waals surface area contributed by atoms with E-state index in [2.05, 4.69) is 29.5 Å². The Bertz CT molecular complexity index is 903. The third-order valence-electron chi connectivity index (χ3n) is 4.89. The topological polar surface area (TPSA) is 50.2 Å². The second-order valence-corrected chi connectivity index (χ2v) is 6.84. The third-order valence-corrected chi connectivity index (χ3v) is 4.89. The van der Waals surface area contributed by atoms with Gasteiger partial charge >= 0.3 is 0 Å². The first-order valence-electron chi connectivity index (χ1n) is 9.14. The zero-order valence-electron chi connectivity index (χ0n) is 16.3. The van der Waals surface area contributed by atoms with Crippen LogP contribution in [0.5, 0.6) is 0 Å². The highest BCUT2D eigenvalue weighted by molar-refractivity contribution is 5.93. The van der Waals surface area contributed by atoms with Gasteiger partial charge in [-0.05, 0) is 45.5 Å². The second-order valence-electron chi connectivity index (χ2n) is 6.84. The molecule has 0 unspecified atom stereocenters. The molecule has 5 nitrogen and oxygen atoms in total. The molecule has 0 aliphatic rings. The minimum Gasteiger partial charge on any atom is -0.322 e. The monoisotopic (exact) mass is 362 g/mol. The molecule has 27 heavy (non-hydrogen) atoms. The van der Waals surface area contributed by atoms with Crippen LogP contribution in [0.2, 0.25) is 0 Å². The van der Waals surface area contributed by atoms with Gasteiger partial charge in [0.15, 0.2) is 0 Å². The summed E-state index contributed by atoms with van der Waals surface area (Å²) in [4.78, 5) is 14.7. The van der Waals surface area contributed by atoms with Gasteiger partial charge in [0.2, 0.25) is 5.91 Å². The van der Waals surface area contributed by atoms with Gasteiger partial charge in [0.05, 0.1) is 29.3 Å². The highest BCUT2D eigenvalue weighted by Crippen LogP contribution is 2.23. The molecular weight excluding hydrogens is 336 g/mol. The van der Waals surface area contributed by atoms with E-state index >= 15 is 0 Å². The molecule has 3 aromatic rings. The predicted octanol–water partition coefficient (Wildman–Crippen LogP) is 4.12. The summed E-state index contributed by atoms with van der Waals surface area (Å²) < 4.78 is 1.86. The molecule has 2 aromatic carbocycles. The lowest BCUT2D eigenvalue weighted by atomic mass is 10.1. The normalized spacial score (nSPS) is 12.2. The molecule has 1 atom stereocenters. The Kier molecular flexibility index (Phi) is 5.72. The SMILES string of the molecule is Cc1nn(-c2ccccc2)c(C)c1NC(=O)CN(C)[C@H](C)c1ccccc1. The molecule has 1 N–H and O–H groups in total. The van der Waals surface area contributed by atoms with Crippen molar-refractivity contribution >= 4 is 11.6 Å². The maximum absolute atomic E-state index is 12.6. The van der Waals surface area contributed by atoms with E-state index in [0.29, 0.717) is 6.54 Å². The number of aromatic nitrogens is 2. The number of hydrogen-bond donors (Lipinski definition) is 1. The fourth-order valence-electron chi connectivity index (χ4n) is 3.17. The zero-order valence-corrected chi connectivity index (χ0v) is 16.3. The fraction of sp³-hybridized carbons (Fsp3) is 0.273. The summed E-state index contributed by atoms with van der Waals surface area (Å²) in [5.41, 5.74) is 4.68. The van der Waals surface area contributed by atoms with Crippen molar-refractivity contribution in [1.82, 2.24) is 14.7 Å². The Morgan fingerprint density at radius 3 is 2.30 bits per heavy atom. The van der Waals surface area contributed by atoms with Crippen LogP contribution in [0.15, 0.2) is 60.7 Å². The minimum absolute atomic E-state index is 0.0425. The van der Waals surface area contributed by atoms with Crippen molar-refractivity contribution in [2.45, 2.75) is 26.8 Å². The van der Waals surface area contributed by atoms with Crippen LogP contribution in [-0.2, 0) is 4.79 Å². The van der Waals surface area contributed by atoms with Crippen LogP contribution >= 0.6 is 0 Å². The van der Waals surface area contributed by atoms with Crippen LogP contribution in [0, 0.1) is 13.8 Å². The summed E-state index contributed by atoms with van der Waals surface area (Å²) in [6.45, 7) is 6.30. The number of likely N-dealkylation sites (N-methyl/N-ethyl adjacent to an activating group) is 1. The van der Waals surface area contributed by atoms with Crippen molar-refractivity contribution in [2.75, 3.05) is 18.9 Å². The van der Waals surface area contributed by atoms with Gasteiger partial charge < -0.3 is 5.32 Å². The third kappa shape index (κ3) is 4.26. The molecule has 1 amide bonds. The number of nitrogens with zero attached hydrogens (tertiary/aromatic N) is 3. The number of carbonyl (C=O) groups is 1. The first kappa shape index (κ1) is 18.9. The predicted molar refractivity (Wildman–Crippen MR) is 109 cm³/mol. The average molecular weight is 362 g/mol. The number of nitrogens with one attached hydrogen (secondary N) is 1. The van der Waals surface area contributed by atoms with E-state index < -0.39 is 0 Å². The number of para-hydroxylation sites is 1. The summed E-state index contributed by atoms with van der Waals surface area (Å²) in [6, 6.07) is 20.3. The molecular formula is C22H26N4O. The van der Waals surface area contributed by atoms with E-state index in [-0.39, 0.29) is 11.9 Å². The lowest BCUT2D eigenvalue weighted by Crippen LogP contribution is -2.32. The van der Waals surface area contributed by atoms with Crippen molar-refractivity contribution in [3.63, 3.8) is 0 Å². The van der Waals surface area contributed by atoms with Gasteiger partial charge in [-0.1, -0.05) is 48.5 Å². The molecule has 1 heterocycles. The highest BCUT2D eigenvalue weighted by atomic mass is 16.2. The van der Waals surface area contributed by atoms with Crippen LogP contribution in [0.4, 0.5) is 5.69 Å². The van der Waals surface area contributed by atoms with E-state index in [1.165, 1.54) is 5.56 Å². The van der Waals surface area contributed by atoms with Gasteiger partial charge in [0.1, 0.15) is 0 Å². The summed E-state index contributed by atoms with van der Waals surface area (Å²) in [5, 5.41) is 7.63. The second kappa shape index (κ2) is 8.18. The molecule has 0 radical (unpaired) electrons. The molecule has 0 bridgehead atoms. The van der Waals surface area contributed by atoms with Gasteiger partial charge in [-0.25, -0.2) is 4.68 Å². The van der Waals surface area contributed by atoms with Crippen LogP contribution in [0.1, 0.15) is 29.9 Å². The molecule has 0 spiro atoms. The number of rotatable bonds is 6. The highest BCUT2D eigenvalue weighted by Gasteiger charge is 2.18. The average Bonchev–Trinajstić information content (AvgIpc) is 2.97. The first-order valence-corrected chi connectivity index (χ1v) is 9.14. The Hall–Kier alpha value is -2.92. The number of anilines is 1. The summed E-state index contributed by atoms with van der Waals surface area (Å²) in [6.07, 6.45) is 0. The largest absolute Gasteiger partial charge is 0.322 e. The lowest BCUT2D eigenvalue weighted by molar-refractivity contribution is -0.117. The number of aryl methyl sites for hydroxylation is 1. The van der Waals surface area contributed by atoms with Crippen molar-refractivity contribution in [1.29, 1.82) is 0 Å². The van der Waals surface area contributed by atoms with E-state index in [1.807, 2.05) is 79.0 Å². The minimum atomic E-state index is -0.0425. The van der Waals surface area contributed by atoms with Crippen molar-refractivity contribution in [2.24, 2.45) is 0 Å².